The summed E-state index contributed by atoms with van der Waals surface area (Å²) in [5.74, 6) is -0.0567. The Kier molecular flexibility index (Phi) is 5.65. The molecule has 0 saturated heterocycles. The van der Waals surface area contributed by atoms with Crippen molar-refractivity contribution >= 4 is 33.4 Å². The fraction of sp³-hybridized carbons (Fsp3) is 0.227. The van der Waals surface area contributed by atoms with Gasteiger partial charge < -0.3 is 9.73 Å². The summed E-state index contributed by atoms with van der Waals surface area (Å²) < 4.78 is 36.1. The molecule has 1 amide bonds. The van der Waals surface area contributed by atoms with Gasteiger partial charge >= 0.3 is 0 Å². The molecule has 5 rings (SSSR count). The van der Waals surface area contributed by atoms with Gasteiger partial charge in [-0.1, -0.05) is 0 Å². The third-order valence-electron chi connectivity index (χ3n) is 5.21. The molecule has 5 aromatic rings. The molecule has 174 valence electrons. The number of pyridine rings is 1. The molecule has 0 aliphatic heterocycles. The molecule has 34 heavy (non-hydrogen) atoms. The number of alkyl halides is 2. The van der Waals surface area contributed by atoms with Gasteiger partial charge in [-0.15, -0.1) is 11.3 Å². The van der Waals surface area contributed by atoms with E-state index in [1.165, 1.54) is 28.3 Å². The highest BCUT2D eigenvalue weighted by atomic mass is 32.1. The molecule has 0 aliphatic carbocycles. The fourth-order valence-electron chi connectivity index (χ4n) is 3.65. The number of amides is 1. The van der Waals surface area contributed by atoms with Gasteiger partial charge in [0.2, 0.25) is 5.91 Å². The summed E-state index contributed by atoms with van der Waals surface area (Å²) in [6, 6.07) is 4.57. The molecule has 1 N–H and O–H groups in total. The molecular weight excluding hydrogens is 464 g/mol. The Bertz CT molecular complexity index is 1470. The lowest BCUT2D eigenvalue weighted by Crippen LogP contribution is -2.19. The van der Waals surface area contributed by atoms with E-state index < -0.39 is 12.3 Å². The van der Waals surface area contributed by atoms with Crippen LogP contribution in [0, 0.1) is 6.92 Å². The molecule has 0 bridgehead atoms. The average Bonchev–Trinajstić information content (AvgIpc) is 3.61. The molecule has 0 aromatic carbocycles. The lowest BCUT2D eigenvalue weighted by Gasteiger charge is -2.07. The molecule has 12 heteroatoms. The minimum absolute atomic E-state index is 0.184. The highest BCUT2D eigenvalue weighted by Gasteiger charge is 2.23. The normalized spacial score (nSPS) is 11.6. The van der Waals surface area contributed by atoms with Crippen molar-refractivity contribution in [2.24, 2.45) is 0 Å². The maximum Gasteiger partial charge on any atom is 0.264 e. The first-order valence-corrected chi connectivity index (χ1v) is 11.3. The summed E-state index contributed by atoms with van der Waals surface area (Å²) in [5.41, 5.74) is 2.13. The van der Waals surface area contributed by atoms with E-state index in [0.29, 0.717) is 22.3 Å². The minimum Gasteiger partial charge on any atom is -0.463 e. The van der Waals surface area contributed by atoms with Crippen molar-refractivity contribution in [2.45, 2.75) is 33.4 Å². The molecule has 0 spiro atoms. The van der Waals surface area contributed by atoms with Crippen molar-refractivity contribution in [1.82, 2.24) is 29.5 Å². The SMILES string of the molecule is CCn1cc(-c2csc(NC(=O)Cn3nc(C)c4c(C(F)F)cc(-c5ccco5)nc43)n2)cn1. The average molecular weight is 484 g/mol. The topological polar surface area (TPSA) is 104 Å². The first-order valence-electron chi connectivity index (χ1n) is 10.4. The van der Waals surface area contributed by atoms with Crippen LogP contribution in [-0.4, -0.2) is 35.4 Å². The molecule has 0 unspecified atom stereocenters. The number of halogens is 2. The standard InChI is InChI=1S/C22H19F2N7O2S/c1-3-30-9-13(8-25-30)16-11-34-22(27-16)28-18(32)10-31-21-19(12(2)29-31)14(20(23)24)7-15(26-21)17-5-4-6-33-17/h4-9,11,20H,3,10H2,1-2H3,(H,27,28,32). The predicted octanol–water partition coefficient (Wildman–Crippen LogP) is 4.92. The number of aromatic nitrogens is 6. The van der Waals surface area contributed by atoms with Crippen molar-refractivity contribution in [3.05, 3.63) is 53.5 Å². The number of nitrogens with zero attached hydrogens (tertiary/aromatic N) is 6. The molecule has 9 nitrogen and oxygen atoms in total. The van der Waals surface area contributed by atoms with E-state index in [1.54, 1.807) is 29.9 Å². The van der Waals surface area contributed by atoms with E-state index >= 15 is 0 Å². The number of fused-ring (bicyclic) bond motifs is 1. The second kappa shape index (κ2) is 8.78. The largest absolute Gasteiger partial charge is 0.463 e. The van der Waals surface area contributed by atoms with Gasteiger partial charge in [0.05, 0.1) is 29.2 Å². The number of aryl methyl sites for hydroxylation is 2. The van der Waals surface area contributed by atoms with Crippen LogP contribution in [0.1, 0.15) is 24.6 Å². The Morgan fingerprint density at radius 3 is 2.85 bits per heavy atom. The summed E-state index contributed by atoms with van der Waals surface area (Å²) in [4.78, 5) is 21.7. The number of furan rings is 1. The third-order valence-corrected chi connectivity index (χ3v) is 5.97. The third kappa shape index (κ3) is 4.07. The maximum atomic E-state index is 13.8. The zero-order valence-corrected chi connectivity index (χ0v) is 19.0. The number of nitrogens with one attached hydrogen (secondary N) is 1. The van der Waals surface area contributed by atoms with E-state index in [-0.39, 0.29) is 28.8 Å². The summed E-state index contributed by atoms with van der Waals surface area (Å²) in [5, 5.41) is 13.7. The van der Waals surface area contributed by atoms with Crippen molar-refractivity contribution in [1.29, 1.82) is 0 Å². The summed E-state index contributed by atoms with van der Waals surface area (Å²) >= 11 is 1.28. The summed E-state index contributed by atoms with van der Waals surface area (Å²) in [6.45, 7) is 4.12. The van der Waals surface area contributed by atoms with E-state index in [4.69, 9.17) is 4.42 Å². The highest BCUT2D eigenvalue weighted by Crippen LogP contribution is 2.33. The Morgan fingerprint density at radius 2 is 2.15 bits per heavy atom. The second-order valence-electron chi connectivity index (χ2n) is 7.49. The monoisotopic (exact) mass is 483 g/mol. The Hall–Kier alpha value is -3.93. The number of thiazole rings is 1. The lowest BCUT2D eigenvalue weighted by atomic mass is 10.1. The predicted molar refractivity (Wildman–Crippen MR) is 123 cm³/mol. The minimum atomic E-state index is -2.74. The molecule has 0 fully saturated rings. The zero-order valence-electron chi connectivity index (χ0n) is 18.2. The summed E-state index contributed by atoms with van der Waals surface area (Å²) in [7, 11) is 0. The number of hydrogen-bond donors (Lipinski definition) is 1. The summed E-state index contributed by atoms with van der Waals surface area (Å²) in [6.07, 6.45) is 2.29. The quantitative estimate of drug-likeness (QED) is 0.353. The van der Waals surface area contributed by atoms with E-state index in [0.717, 1.165) is 12.1 Å². The number of hydrogen-bond acceptors (Lipinski definition) is 7. The number of carbonyl (C=O) groups is 1. The van der Waals surface area contributed by atoms with Crippen molar-refractivity contribution in [3.8, 4) is 22.7 Å². The Balaban J connectivity index is 1.42. The molecule has 0 atom stereocenters. The first kappa shape index (κ1) is 21.9. The first-order chi connectivity index (χ1) is 16.4. The van der Waals surface area contributed by atoms with E-state index in [9.17, 15) is 13.6 Å². The lowest BCUT2D eigenvalue weighted by molar-refractivity contribution is -0.116. The second-order valence-corrected chi connectivity index (χ2v) is 8.35. The Morgan fingerprint density at radius 1 is 1.29 bits per heavy atom. The van der Waals surface area contributed by atoms with Gasteiger partial charge in [0.15, 0.2) is 16.5 Å². The zero-order chi connectivity index (χ0) is 23.8. The van der Waals surface area contributed by atoms with Gasteiger partial charge in [-0.25, -0.2) is 23.4 Å². The maximum absolute atomic E-state index is 13.8. The molecule has 5 aromatic heterocycles. The van der Waals surface area contributed by atoms with E-state index in [1.807, 2.05) is 18.5 Å². The highest BCUT2D eigenvalue weighted by molar-refractivity contribution is 7.14. The van der Waals surface area contributed by atoms with Crippen LogP contribution < -0.4 is 5.32 Å². The van der Waals surface area contributed by atoms with E-state index in [2.05, 4.69) is 25.5 Å². The smallest absolute Gasteiger partial charge is 0.264 e. The number of rotatable bonds is 7. The van der Waals surface area contributed by atoms with Crippen LogP contribution in [0.4, 0.5) is 13.9 Å². The molecule has 5 heterocycles. The van der Waals surface area contributed by atoms with Crippen LogP contribution in [0.25, 0.3) is 33.7 Å². The van der Waals surface area contributed by atoms with Crippen molar-refractivity contribution in [2.75, 3.05) is 5.32 Å². The van der Waals surface area contributed by atoms with Crippen LogP contribution in [0.15, 0.2) is 46.7 Å². The van der Waals surface area contributed by atoms with Crippen LogP contribution in [0.3, 0.4) is 0 Å². The van der Waals surface area contributed by atoms with Crippen molar-refractivity contribution < 1.29 is 18.0 Å². The molecular formula is C22H19F2N7O2S. The van der Waals surface area contributed by atoms with Gasteiger partial charge in [-0.05, 0) is 32.0 Å². The fourth-order valence-corrected chi connectivity index (χ4v) is 4.38. The van der Waals surface area contributed by atoms with Crippen LogP contribution >= 0.6 is 11.3 Å². The Labute approximate surface area is 196 Å². The van der Waals surface area contributed by atoms with Gasteiger partial charge in [-0.3, -0.25) is 9.48 Å². The van der Waals surface area contributed by atoms with Gasteiger partial charge in [0.1, 0.15) is 12.2 Å². The van der Waals surface area contributed by atoms with Crippen LogP contribution in [0.2, 0.25) is 0 Å². The number of carbonyl (C=O) groups excluding carboxylic acids is 1. The van der Waals surface area contributed by atoms with Gasteiger partial charge in [0, 0.05) is 29.2 Å². The molecule has 0 aliphatic rings. The number of anilines is 1. The van der Waals surface area contributed by atoms with Crippen LogP contribution in [0.5, 0.6) is 0 Å². The molecule has 0 radical (unpaired) electrons. The van der Waals surface area contributed by atoms with Gasteiger partial charge in [-0.2, -0.15) is 10.2 Å². The van der Waals surface area contributed by atoms with Crippen molar-refractivity contribution in [3.63, 3.8) is 0 Å². The molecule has 0 saturated carbocycles. The van der Waals surface area contributed by atoms with Crippen LogP contribution in [-0.2, 0) is 17.9 Å². The van der Waals surface area contributed by atoms with Gasteiger partial charge in [0.25, 0.3) is 6.43 Å².